The molecule has 2 aromatic carbocycles. The summed E-state index contributed by atoms with van der Waals surface area (Å²) in [6.45, 7) is 0. The van der Waals surface area contributed by atoms with E-state index in [1.54, 1.807) is 6.07 Å². The highest BCUT2D eigenvalue weighted by molar-refractivity contribution is 6.35. The van der Waals surface area contributed by atoms with Crippen molar-refractivity contribution in [3.63, 3.8) is 0 Å². The van der Waals surface area contributed by atoms with Gasteiger partial charge in [0.2, 0.25) is 0 Å². The molecule has 0 fully saturated rings. The first-order chi connectivity index (χ1) is 10.9. The highest BCUT2D eigenvalue weighted by Crippen LogP contribution is 2.28. The molecule has 3 nitrogen and oxygen atoms in total. The molecule has 1 heterocycles. The Morgan fingerprint density at radius 1 is 1.00 bits per heavy atom. The van der Waals surface area contributed by atoms with Crippen molar-refractivity contribution < 1.29 is 17.9 Å². The third-order valence-electron chi connectivity index (χ3n) is 3.03. The van der Waals surface area contributed by atoms with Crippen LogP contribution in [0.3, 0.4) is 0 Å². The van der Waals surface area contributed by atoms with Crippen LogP contribution in [0.5, 0.6) is 5.75 Å². The fraction of sp³-hybridized carbons (Fsp3) is 0.0625. The number of halogens is 4. The first-order valence-electron chi connectivity index (χ1n) is 6.59. The summed E-state index contributed by atoms with van der Waals surface area (Å²) >= 11 is 6.20. The normalized spacial score (nSPS) is 11.5. The molecule has 0 radical (unpaired) electrons. The van der Waals surface area contributed by atoms with Gasteiger partial charge >= 0.3 is 6.36 Å². The number of benzene rings is 2. The Morgan fingerprint density at radius 3 is 2.39 bits per heavy atom. The highest BCUT2D eigenvalue weighted by Gasteiger charge is 2.30. The number of ether oxygens (including phenoxy) is 1. The lowest BCUT2D eigenvalue weighted by Crippen LogP contribution is -2.16. The maximum absolute atomic E-state index is 12.1. The monoisotopic (exact) mass is 338 g/mol. The summed E-state index contributed by atoms with van der Waals surface area (Å²) in [5, 5.41) is 4.36. The van der Waals surface area contributed by atoms with Gasteiger partial charge in [-0.15, -0.1) is 13.2 Å². The van der Waals surface area contributed by atoms with Gasteiger partial charge in [-0.05, 0) is 30.3 Å². The third kappa shape index (κ3) is 3.84. The molecule has 0 spiro atoms. The number of pyridine rings is 1. The van der Waals surface area contributed by atoms with Crippen LogP contribution in [0.25, 0.3) is 10.9 Å². The van der Waals surface area contributed by atoms with Crippen LogP contribution < -0.4 is 10.1 Å². The molecule has 0 atom stereocenters. The molecule has 0 aliphatic heterocycles. The summed E-state index contributed by atoms with van der Waals surface area (Å²) in [6, 6.07) is 14.4. The second-order valence-corrected chi connectivity index (χ2v) is 5.11. The van der Waals surface area contributed by atoms with Gasteiger partial charge < -0.3 is 10.1 Å². The van der Waals surface area contributed by atoms with E-state index in [2.05, 4.69) is 15.0 Å². The van der Waals surface area contributed by atoms with E-state index < -0.39 is 6.36 Å². The molecule has 1 N–H and O–H groups in total. The van der Waals surface area contributed by atoms with Crippen molar-refractivity contribution in [3.05, 3.63) is 59.6 Å². The molecule has 23 heavy (non-hydrogen) atoms. The molecule has 3 rings (SSSR count). The minimum absolute atomic E-state index is 0.285. The zero-order valence-electron chi connectivity index (χ0n) is 11.6. The van der Waals surface area contributed by atoms with E-state index in [4.69, 9.17) is 11.6 Å². The average molecular weight is 339 g/mol. The van der Waals surface area contributed by atoms with E-state index in [9.17, 15) is 13.2 Å². The summed E-state index contributed by atoms with van der Waals surface area (Å²) < 4.78 is 40.2. The van der Waals surface area contributed by atoms with E-state index in [1.165, 1.54) is 24.3 Å². The average Bonchev–Trinajstić information content (AvgIpc) is 2.48. The number of hydrogen-bond donors (Lipinski definition) is 1. The van der Waals surface area contributed by atoms with Crippen molar-refractivity contribution in [1.82, 2.24) is 4.98 Å². The van der Waals surface area contributed by atoms with E-state index in [0.29, 0.717) is 16.5 Å². The van der Waals surface area contributed by atoms with Gasteiger partial charge in [0, 0.05) is 17.1 Å². The lowest BCUT2D eigenvalue weighted by atomic mass is 10.2. The quantitative estimate of drug-likeness (QED) is 0.681. The van der Waals surface area contributed by atoms with E-state index in [0.717, 1.165) is 10.9 Å². The van der Waals surface area contributed by atoms with Gasteiger partial charge in [-0.25, -0.2) is 4.98 Å². The van der Waals surface area contributed by atoms with E-state index in [-0.39, 0.29) is 5.75 Å². The summed E-state index contributed by atoms with van der Waals surface area (Å²) in [4.78, 5) is 4.41. The van der Waals surface area contributed by atoms with Crippen molar-refractivity contribution in [2.45, 2.75) is 6.36 Å². The molecular weight excluding hydrogens is 329 g/mol. The number of nitrogens with zero attached hydrogens (tertiary/aromatic N) is 1. The maximum atomic E-state index is 12.1. The van der Waals surface area contributed by atoms with Gasteiger partial charge in [-0.1, -0.05) is 29.8 Å². The SMILES string of the molecule is FC(F)(F)Oc1ccc(Nc2cc(Cl)c3ccccc3n2)cc1. The smallest absolute Gasteiger partial charge is 0.406 e. The summed E-state index contributed by atoms with van der Waals surface area (Å²) in [5.74, 6) is 0.214. The third-order valence-corrected chi connectivity index (χ3v) is 3.34. The van der Waals surface area contributed by atoms with Gasteiger partial charge in [0.1, 0.15) is 11.6 Å². The Hall–Kier alpha value is -2.47. The van der Waals surface area contributed by atoms with Crippen molar-refractivity contribution in [3.8, 4) is 5.75 Å². The van der Waals surface area contributed by atoms with Crippen LogP contribution in [-0.4, -0.2) is 11.3 Å². The van der Waals surface area contributed by atoms with Crippen molar-refractivity contribution in [2.24, 2.45) is 0 Å². The fourth-order valence-corrected chi connectivity index (χ4v) is 2.35. The van der Waals surface area contributed by atoms with Crippen molar-refractivity contribution in [1.29, 1.82) is 0 Å². The summed E-state index contributed by atoms with van der Waals surface area (Å²) in [6.07, 6.45) is -4.71. The topological polar surface area (TPSA) is 34.1 Å². The number of para-hydroxylation sites is 1. The van der Waals surface area contributed by atoms with E-state index in [1.807, 2.05) is 24.3 Å². The number of fused-ring (bicyclic) bond motifs is 1. The zero-order valence-corrected chi connectivity index (χ0v) is 12.3. The Morgan fingerprint density at radius 2 is 1.70 bits per heavy atom. The van der Waals surface area contributed by atoms with Crippen LogP contribution in [-0.2, 0) is 0 Å². The highest BCUT2D eigenvalue weighted by atomic mass is 35.5. The minimum Gasteiger partial charge on any atom is -0.406 e. The van der Waals surface area contributed by atoms with Crippen LogP contribution in [0.4, 0.5) is 24.7 Å². The molecule has 0 saturated heterocycles. The summed E-state index contributed by atoms with van der Waals surface area (Å²) in [7, 11) is 0. The van der Waals surface area contributed by atoms with Gasteiger partial charge in [-0.3, -0.25) is 0 Å². The molecule has 0 saturated carbocycles. The van der Waals surface area contributed by atoms with Gasteiger partial charge in [0.25, 0.3) is 0 Å². The fourth-order valence-electron chi connectivity index (χ4n) is 2.08. The number of alkyl halides is 3. The molecular formula is C16H10ClF3N2O. The van der Waals surface area contributed by atoms with Crippen molar-refractivity contribution >= 4 is 34.0 Å². The van der Waals surface area contributed by atoms with Crippen LogP contribution in [0, 0.1) is 0 Å². The number of anilines is 2. The molecule has 0 unspecified atom stereocenters. The molecule has 1 aromatic heterocycles. The molecule has 0 aliphatic carbocycles. The first kappa shape index (κ1) is 15.4. The molecule has 3 aromatic rings. The van der Waals surface area contributed by atoms with Gasteiger partial charge in [0.05, 0.1) is 10.5 Å². The van der Waals surface area contributed by atoms with Gasteiger partial charge in [0.15, 0.2) is 0 Å². The predicted molar refractivity (Wildman–Crippen MR) is 83.2 cm³/mol. The first-order valence-corrected chi connectivity index (χ1v) is 6.97. The van der Waals surface area contributed by atoms with Crippen molar-refractivity contribution in [2.75, 3.05) is 5.32 Å². The van der Waals surface area contributed by atoms with Crippen LogP contribution >= 0.6 is 11.6 Å². The predicted octanol–water partition coefficient (Wildman–Crippen LogP) is 5.53. The molecule has 7 heteroatoms. The Kier molecular flexibility index (Phi) is 4.00. The minimum atomic E-state index is -4.71. The lowest BCUT2D eigenvalue weighted by Gasteiger charge is -2.11. The molecule has 0 bridgehead atoms. The van der Waals surface area contributed by atoms with Crippen LogP contribution in [0.15, 0.2) is 54.6 Å². The number of aromatic nitrogens is 1. The Labute approximate surface area is 134 Å². The van der Waals surface area contributed by atoms with Crippen LogP contribution in [0.2, 0.25) is 5.02 Å². The Balaban J connectivity index is 1.82. The number of hydrogen-bond acceptors (Lipinski definition) is 3. The van der Waals surface area contributed by atoms with Crippen LogP contribution in [0.1, 0.15) is 0 Å². The van der Waals surface area contributed by atoms with Gasteiger partial charge in [-0.2, -0.15) is 0 Å². The lowest BCUT2D eigenvalue weighted by molar-refractivity contribution is -0.274. The number of nitrogens with one attached hydrogen (secondary N) is 1. The maximum Gasteiger partial charge on any atom is 0.573 e. The standard InChI is InChI=1S/C16H10ClF3N2O/c17-13-9-15(22-14-4-2-1-3-12(13)14)21-10-5-7-11(8-6-10)23-16(18,19)20/h1-9H,(H,21,22). The summed E-state index contributed by atoms with van der Waals surface area (Å²) in [5.41, 5.74) is 1.29. The molecule has 0 aliphatic rings. The molecule has 118 valence electrons. The second-order valence-electron chi connectivity index (χ2n) is 4.70. The second kappa shape index (κ2) is 5.96. The zero-order chi connectivity index (χ0) is 16.4. The largest absolute Gasteiger partial charge is 0.573 e. The molecule has 0 amide bonds. The van der Waals surface area contributed by atoms with E-state index >= 15 is 0 Å². The Bertz CT molecular complexity index is 835. The number of rotatable bonds is 3.